The molecule has 0 saturated heterocycles. The summed E-state index contributed by atoms with van der Waals surface area (Å²) in [5.41, 5.74) is 4.93. The highest BCUT2D eigenvalue weighted by Gasteiger charge is 2.23. The van der Waals surface area contributed by atoms with Gasteiger partial charge < -0.3 is 4.74 Å². The van der Waals surface area contributed by atoms with Crippen LogP contribution in [0.4, 0.5) is 0 Å². The molecule has 4 aromatic rings. The Balaban J connectivity index is 1.44. The van der Waals surface area contributed by atoms with Crippen LogP contribution in [0.1, 0.15) is 35.8 Å². The number of thiophene rings is 1. The molecule has 0 bridgehead atoms. The number of benzene rings is 2. The Hall–Kier alpha value is -3.14. The van der Waals surface area contributed by atoms with Crippen LogP contribution in [0.3, 0.4) is 0 Å². The second-order valence-electron chi connectivity index (χ2n) is 8.46. The Morgan fingerprint density at radius 3 is 2.78 bits per heavy atom. The monoisotopic (exact) mass is 552 g/mol. The van der Waals surface area contributed by atoms with Crippen LogP contribution in [0.2, 0.25) is 5.02 Å². The summed E-state index contributed by atoms with van der Waals surface area (Å²) in [5.74, 6) is 0.456. The van der Waals surface area contributed by atoms with Gasteiger partial charge in [0.05, 0.1) is 29.6 Å². The largest absolute Gasteiger partial charge is 0.494 e. The van der Waals surface area contributed by atoms with Gasteiger partial charge in [-0.05, 0) is 68.5 Å². The lowest BCUT2D eigenvalue weighted by atomic mass is 9.97. The molecule has 190 valence electrons. The fourth-order valence-corrected chi connectivity index (χ4v) is 6.58. The van der Waals surface area contributed by atoms with E-state index in [2.05, 4.69) is 10.5 Å². The molecule has 0 radical (unpaired) electrons. The Morgan fingerprint density at radius 1 is 1.22 bits per heavy atom. The van der Waals surface area contributed by atoms with E-state index in [9.17, 15) is 9.59 Å². The van der Waals surface area contributed by atoms with Crippen LogP contribution in [0.5, 0.6) is 5.75 Å². The zero-order chi connectivity index (χ0) is 25.8. The molecule has 1 aliphatic rings. The van der Waals surface area contributed by atoms with Crippen molar-refractivity contribution in [2.75, 3.05) is 12.4 Å². The molecule has 0 aliphatic heterocycles. The van der Waals surface area contributed by atoms with Crippen molar-refractivity contribution in [1.82, 2.24) is 15.0 Å². The number of aryl methyl sites for hydroxylation is 2. The van der Waals surface area contributed by atoms with Crippen LogP contribution in [0.25, 0.3) is 15.9 Å². The van der Waals surface area contributed by atoms with E-state index in [0.29, 0.717) is 33.4 Å². The first kappa shape index (κ1) is 25.5. The summed E-state index contributed by atoms with van der Waals surface area (Å²) in [5, 5.41) is 5.72. The molecule has 2 aromatic carbocycles. The molecule has 5 rings (SSSR count). The van der Waals surface area contributed by atoms with Gasteiger partial charge in [-0.1, -0.05) is 41.6 Å². The van der Waals surface area contributed by atoms with Gasteiger partial charge in [0.2, 0.25) is 0 Å². The number of rotatable bonds is 8. The third-order valence-electron chi connectivity index (χ3n) is 5.99. The van der Waals surface area contributed by atoms with Gasteiger partial charge in [0, 0.05) is 15.5 Å². The number of halogens is 1. The normalized spacial score (nSPS) is 13.1. The fourth-order valence-electron chi connectivity index (χ4n) is 4.28. The molecule has 2 aromatic heterocycles. The quantitative estimate of drug-likeness (QED) is 0.133. The maximum absolute atomic E-state index is 13.8. The number of fused-ring (bicyclic) bond motifs is 3. The number of hydrogen-bond donors (Lipinski definition) is 1. The van der Waals surface area contributed by atoms with Crippen LogP contribution in [0, 0.1) is 0 Å². The van der Waals surface area contributed by atoms with Gasteiger partial charge in [-0.15, -0.1) is 11.3 Å². The molecule has 1 amide bonds. The van der Waals surface area contributed by atoms with Gasteiger partial charge in [-0.3, -0.25) is 14.2 Å². The first-order chi connectivity index (χ1) is 18.0. The van der Waals surface area contributed by atoms with Gasteiger partial charge in [-0.25, -0.2) is 10.4 Å². The van der Waals surface area contributed by atoms with Crippen LogP contribution >= 0.6 is 34.7 Å². The molecule has 2 heterocycles. The summed E-state index contributed by atoms with van der Waals surface area (Å²) in [6.45, 7) is 2.48. The number of nitrogens with one attached hydrogen (secondary N) is 1. The predicted octanol–water partition coefficient (Wildman–Crippen LogP) is 5.62. The molecular weight excluding hydrogens is 528 g/mol. The van der Waals surface area contributed by atoms with Crippen molar-refractivity contribution in [3.8, 4) is 11.4 Å². The number of hydrogen-bond acceptors (Lipinski definition) is 7. The van der Waals surface area contributed by atoms with E-state index in [0.717, 1.165) is 41.8 Å². The SMILES string of the molecule is CCOc1ccc(-n2c(SCC(=O)NN=Cc3ccccc3Cl)nc3sc4c(c3c2=O)CCCC4)cc1. The van der Waals surface area contributed by atoms with Crippen molar-refractivity contribution in [2.45, 2.75) is 37.8 Å². The molecule has 37 heavy (non-hydrogen) atoms. The van der Waals surface area contributed by atoms with Crippen molar-refractivity contribution in [2.24, 2.45) is 5.10 Å². The van der Waals surface area contributed by atoms with E-state index in [1.54, 1.807) is 22.0 Å². The number of carbonyl (C=O) groups is 1. The Labute approximate surface area is 227 Å². The van der Waals surface area contributed by atoms with E-state index >= 15 is 0 Å². The highest BCUT2D eigenvalue weighted by molar-refractivity contribution is 7.99. The Morgan fingerprint density at radius 2 is 2.00 bits per heavy atom. The summed E-state index contributed by atoms with van der Waals surface area (Å²) in [6.07, 6.45) is 5.58. The molecule has 0 fully saturated rings. The van der Waals surface area contributed by atoms with E-state index in [1.807, 2.05) is 49.4 Å². The topological polar surface area (TPSA) is 85.6 Å². The summed E-state index contributed by atoms with van der Waals surface area (Å²) in [4.78, 5) is 33.3. The molecule has 10 heteroatoms. The first-order valence-electron chi connectivity index (χ1n) is 12.0. The maximum Gasteiger partial charge on any atom is 0.267 e. The smallest absolute Gasteiger partial charge is 0.267 e. The molecule has 0 atom stereocenters. The summed E-state index contributed by atoms with van der Waals surface area (Å²) >= 11 is 8.93. The Bertz CT molecular complexity index is 1530. The first-order valence-corrected chi connectivity index (χ1v) is 14.2. The lowest BCUT2D eigenvalue weighted by Gasteiger charge is -2.14. The third kappa shape index (κ3) is 5.58. The molecule has 0 spiro atoms. The third-order valence-corrected chi connectivity index (χ3v) is 8.46. The maximum atomic E-state index is 13.8. The summed E-state index contributed by atoms with van der Waals surface area (Å²) in [7, 11) is 0. The van der Waals surface area contributed by atoms with Crippen molar-refractivity contribution in [3.63, 3.8) is 0 Å². The van der Waals surface area contributed by atoms with E-state index in [-0.39, 0.29) is 17.2 Å². The van der Waals surface area contributed by atoms with Gasteiger partial charge in [0.1, 0.15) is 10.6 Å². The van der Waals surface area contributed by atoms with E-state index in [1.165, 1.54) is 22.9 Å². The molecule has 1 aliphatic carbocycles. The number of ether oxygens (including phenoxy) is 1. The average molecular weight is 553 g/mol. The molecule has 7 nitrogen and oxygen atoms in total. The minimum Gasteiger partial charge on any atom is -0.494 e. The lowest BCUT2D eigenvalue weighted by molar-refractivity contribution is -0.118. The zero-order valence-corrected chi connectivity index (χ0v) is 22.6. The van der Waals surface area contributed by atoms with Gasteiger partial charge in [-0.2, -0.15) is 5.10 Å². The number of carbonyl (C=O) groups excluding carboxylic acids is 1. The molecular formula is C27H25ClN4O3S2. The van der Waals surface area contributed by atoms with E-state index in [4.69, 9.17) is 21.3 Å². The number of thioether (sulfide) groups is 1. The van der Waals surface area contributed by atoms with Crippen molar-refractivity contribution >= 4 is 57.0 Å². The van der Waals surface area contributed by atoms with Crippen LogP contribution in [0.15, 0.2) is 63.6 Å². The van der Waals surface area contributed by atoms with Crippen LogP contribution in [-0.2, 0) is 17.6 Å². The second-order valence-corrected chi connectivity index (χ2v) is 10.9. The standard InChI is InChI=1S/C27H25ClN4O3S2/c1-2-35-19-13-11-18(12-14-19)32-26(34)24-20-8-4-6-10-22(20)37-25(24)30-27(32)36-16-23(33)31-29-15-17-7-3-5-9-21(17)28/h3,5,7,9,11-15H,2,4,6,8,10,16H2,1H3,(H,31,33). The Kier molecular flexibility index (Phi) is 7.93. The predicted molar refractivity (Wildman–Crippen MR) is 151 cm³/mol. The minimum atomic E-state index is -0.314. The van der Waals surface area contributed by atoms with Gasteiger partial charge in [0.25, 0.3) is 11.5 Å². The highest BCUT2D eigenvalue weighted by atomic mass is 35.5. The second kappa shape index (κ2) is 11.5. The number of aromatic nitrogens is 2. The van der Waals surface area contributed by atoms with Gasteiger partial charge in [0.15, 0.2) is 5.16 Å². The molecule has 0 unspecified atom stereocenters. The van der Waals surface area contributed by atoms with Crippen molar-refractivity contribution in [3.05, 3.63) is 79.9 Å². The number of hydrazone groups is 1. The molecule has 0 saturated carbocycles. The average Bonchev–Trinajstić information content (AvgIpc) is 3.28. The van der Waals surface area contributed by atoms with E-state index < -0.39 is 0 Å². The highest BCUT2D eigenvalue weighted by Crippen LogP contribution is 2.35. The minimum absolute atomic E-state index is 0.0416. The number of amides is 1. The molecule has 1 N–H and O–H groups in total. The summed E-state index contributed by atoms with van der Waals surface area (Å²) in [6, 6.07) is 14.6. The zero-order valence-electron chi connectivity index (χ0n) is 20.2. The van der Waals surface area contributed by atoms with Crippen LogP contribution < -0.4 is 15.7 Å². The lowest BCUT2D eigenvalue weighted by Crippen LogP contribution is -2.24. The summed E-state index contributed by atoms with van der Waals surface area (Å²) < 4.78 is 7.17. The fraction of sp³-hybridized carbons (Fsp3) is 0.259. The van der Waals surface area contributed by atoms with Gasteiger partial charge >= 0.3 is 0 Å². The number of nitrogens with zero attached hydrogens (tertiary/aromatic N) is 3. The van der Waals surface area contributed by atoms with Crippen LogP contribution in [-0.4, -0.2) is 34.0 Å². The van der Waals surface area contributed by atoms with Crippen molar-refractivity contribution < 1.29 is 9.53 Å². The van der Waals surface area contributed by atoms with Crippen molar-refractivity contribution in [1.29, 1.82) is 0 Å².